The van der Waals surface area contributed by atoms with E-state index >= 15 is 0 Å². The van der Waals surface area contributed by atoms with Crippen molar-refractivity contribution in [2.45, 2.75) is 78.7 Å². The van der Waals surface area contributed by atoms with Crippen molar-refractivity contribution in [2.75, 3.05) is 18.8 Å². The molecule has 114 valence electrons. The molecule has 0 atom stereocenters. The van der Waals surface area contributed by atoms with Crippen molar-refractivity contribution in [2.24, 2.45) is 11.3 Å². The maximum absolute atomic E-state index is 4.71. The minimum Gasteiger partial charge on any atom is -0.300 e. The summed E-state index contributed by atoms with van der Waals surface area (Å²) in [4.78, 5) is 2.78. The van der Waals surface area contributed by atoms with E-state index in [0.29, 0.717) is 5.41 Å². The smallest absolute Gasteiger partial charge is 0.00903 e. The largest absolute Gasteiger partial charge is 0.300 e. The number of hydrogen-bond acceptors (Lipinski definition) is 2. The summed E-state index contributed by atoms with van der Waals surface area (Å²) >= 11 is 4.71. The van der Waals surface area contributed by atoms with Gasteiger partial charge in [0, 0.05) is 19.1 Å². The summed E-state index contributed by atoms with van der Waals surface area (Å²) in [6.45, 7) is 11.9. The van der Waals surface area contributed by atoms with Crippen LogP contribution in [0, 0.1) is 11.3 Å². The van der Waals surface area contributed by atoms with Crippen LogP contribution in [0.1, 0.15) is 72.6 Å². The van der Waals surface area contributed by atoms with Gasteiger partial charge in [0.25, 0.3) is 0 Å². The predicted octanol–water partition coefficient (Wildman–Crippen LogP) is 5.01. The molecule has 2 heteroatoms. The average Bonchev–Trinajstić information content (AvgIpc) is 2.40. The number of hydrogen-bond donors (Lipinski definition) is 1. The molecule has 0 aromatic heterocycles. The van der Waals surface area contributed by atoms with Crippen molar-refractivity contribution in [3.63, 3.8) is 0 Å². The van der Waals surface area contributed by atoms with Crippen molar-refractivity contribution in [1.82, 2.24) is 4.90 Å². The SMILES string of the molecule is CCC(CC)N(CC(C)C)CC1(CS)CCCCC1. The molecule has 1 saturated carbocycles. The summed E-state index contributed by atoms with van der Waals surface area (Å²) < 4.78 is 0. The Bertz CT molecular complexity index is 229. The van der Waals surface area contributed by atoms with E-state index in [2.05, 4.69) is 32.6 Å². The van der Waals surface area contributed by atoms with Crippen molar-refractivity contribution < 1.29 is 0 Å². The molecule has 0 aliphatic heterocycles. The molecular weight excluding hydrogens is 250 g/mol. The van der Waals surface area contributed by atoms with Crippen molar-refractivity contribution >= 4 is 12.6 Å². The van der Waals surface area contributed by atoms with Crippen LogP contribution in [0.25, 0.3) is 0 Å². The van der Waals surface area contributed by atoms with E-state index < -0.39 is 0 Å². The normalized spacial score (nSPS) is 19.6. The Morgan fingerprint density at radius 3 is 2.05 bits per heavy atom. The average molecular weight is 286 g/mol. The lowest BCUT2D eigenvalue weighted by Gasteiger charge is -2.43. The Balaban J connectivity index is 2.72. The molecule has 0 N–H and O–H groups in total. The molecule has 0 radical (unpaired) electrons. The minimum absolute atomic E-state index is 0.499. The van der Waals surface area contributed by atoms with Crippen LogP contribution in [0.3, 0.4) is 0 Å². The van der Waals surface area contributed by atoms with Gasteiger partial charge in [0.05, 0.1) is 0 Å². The summed E-state index contributed by atoms with van der Waals surface area (Å²) in [6.07, 6.45) is 9.62. The second-order valence-corrected chi connectivity index (χ2v) is 7.33. The Labute approximate surface area is 126 Å². The number of rotatable bonds is 8. The summed E-state index contributed by atoms with van der Waals surface area (Å²) in [5, 5.41) is 0. The van der Waals surface area contributed by atoms with Gasteiger partial charge in [-0.3, -0.25) is 4.90 Å². The van der Waals surface area contributed by atoms with Crippen LogP contribution in [0.2, 0.25) is 0 Å². The number of thiol groups is 1. The molecule has 1 fully saturated rings. The zero-order valence-electron chi connectivity index (χ0n) is 13.6. The molecule has 1 nitrogen and oxygen atoms in total. The fraction of sp³-hybridized carbons (Fsp3) is 1.00. The summed E-state index contributed by atoms with van der Waals surface area (Å²) in [5.74, 6) is 1.84. The van der Waals surface area contributed by atoms with Crippen LogP contribution in [0.5, 0.6) is 0 Å². The number of nitrogens with zero attached hydrogens (tertiary/aromatic N) is 1. The van der Waals surface area contributed by atoms with E-state index in [0.717, 1.165) is 17.7 Å². The molecule has 0 spiro atoms. The second-order valence-electron chi connectivity index (χ2n) is 7.01. The highest BCUT2D eigenvalue weighted by Gasteiger charge is 2.34. The van der Waals surface area contributed by atoms with Crippen LogP contribution in [0.15, 0.2) is 0 Å². The van der Waals surface area contributed by atoms with Gasteiger partial charge in [-0.25, -0.2) is 0 Å². The van der Waals surface area contributed by atoms with Crippen LogP contribution in [0.4, 0.5) is 0 Å². The summed E-state index contributed by atoms with van der Waals surface area (Å²) in [6, 6.07) is 0.765. The lowest BCUT2D eigenvalue weighted by molar-refractivity contribution is 0.0784. The highest BCUT2D eigenvalue weighted by atomic mass is 32.1. The fourth-order valence-electron chi connectivity index (χ4n) is 3.72. The molecule has 19 heavy (non-hydrogen) atoms. The van der Waals surface area contributed by atoms with Gasteiger partial charge in [-0.05, 0) is 42.8 Å². The molecule has 0 amide bonds. The molecule has 0 bridgehead atoms. The quantitative estimate of drug-likeness (QED) is 0.613. The van der Waals surface area contributed by atoms with Crippen molar-refractivity contribution in [1.29, 1.82) is 0 Å². The van der Waals surface area contributed by atoms with Gasteiger partial charge >= 0.3 is 0 Å². The highest BCUT2D eigenvalue weighted by Crippen LogP contribution is 2.38. The van der Waals surface area contributed by atoms with E-state index in [1.165, 1.54) is 58.0 Å². The maximum Gasteiger partial charge on any atom is 0.00903 e. The third kappa shape index (κ3) is 5.30. The third-order valence-electron chi connectivity index (χ3n) is 4.85. The summed E-state index contributed by atoms with van der Waals surface area (Å²) in [5.41, 5.74) is 0.499. The molecular formula is C17H35NS. The fourth-order valence-corrected chi connectivity index (χ4v) is 4.13. The molecule has 0 heterocycles. The molecule has 0 aromatic rings. The molecule has 0 aromatic carbocycles. The van der Waals surface area contributed by atoms with Crippen LogP contribution >= 0.6 is 12.6 Å². The van der Waals surface area contributed by atoms with E-state index in [9.17, 15) is 0 Å². The Kier molecular flexibility index (Phi) is 7.83. The topological polar surface area (TPSA) is 3.24 Å². The van der Waals surface area contributed by atoms with Crippen LogP contribution in [-0.4, -0.2) is 29.8 Å². The standard InChI is InChI=1S/C17H35NS/c1-5-16(6-2)18(12-15(3)4)13-17(14-19)10-8-7-9-11-17/h15-16,19H,5-14H2,1-4H3. The molecule has 1 aliphatic rings. The Morgan fingerprint density at radius 1 is 1.05 bits per heavy atom. The molecule has 0 unspecified atom stereocenters. The van der Waals surface area contributed by atoms with E-state index in [-0.39, 0.29) is 0 Å². The predicted molar refractivity (Wildman–Crippen MR) is 90.2 cm³/mol. The lowest BCUT2D eigenvalue weighted by atomic mass is 9.74. The first-order valence-electron chi connectivity index (χ1n) is 8.41. The zero-order valence-corrected chi connectivity index (χ0v) is 14.5. The van der Waals surface area contributed by atoms with Crippen molar-refractivity contribution in [3.05, 3.63) is 0 Å². The molecule has 0 saturated heterocycles. The minimum atomic E-state index is 0.499. The van der Waals surface area contributed by atoms with Gasteiger partial charge in [-0.15, -0.1) is 0 Å². The van der Waals surface area contributed by atoms with Gasteiger partial charge in [0.2, 0.25) is 0 Å². The van der Waals surface area contributed by atoms with Gasteiger partial charge in [-0.1, -0.05) is 47.0 Å². The Hall–Kier alpha value is 0.310. The van der Waals surface area contributed by atoms with Crippen molar-refractivity contribution in [3.8, 4) is 0 Å². The Morgan fingerprint density at radius 2 is 1.63 bits per heavy atom. The molecule has 1 aliphatic carbocycles. The van der Waals surface area contributed by atoms with Gasteiger partial charge < -0.3 is 0 Å². The maximum atomic E-state index is 4.71. The van der Waals surface area contributed by atoms with E-state index in [4.69, 9.17) is 12.6 Å². The highest BCUT2D eigenvalue weighted by molar-refractivity contribution is 7.80. The molecule has 1 rings (SSSR count). The van der Waals surface area contributed by atoms with Crippen LogP contribution in [-0.2, 0) is 0 Å². The second kappa shape index (κ2) is 8.56. The van der Waals surface area contributed by atoms with Crippen LogP contribution < -0.4 is 0 Å². The first kappa shape index (κ1) is 17.4. The van der Waals surface area contributed by atoms with Gasteiger partial charge in [0.15, 0.2) is 0 Å². The third-order valence-corrected chi connectivity index (χ3v) is 5.52. The first-order valence-corrected chi connectivity index (χ1v) is 9.05. The monoisotopic (exact) mass is 285 g/mol. The van der Waals surface area contributed by atoms with E-state index in [1.807, 2.05) is 0 Å². The first-order chi connectivity index (χ1) is 9.06. The van der Waals surface area contributed by atoms with Gasteiger partial charge in [0.1, 0.15) is 0 Å². The van der Waals surface area contributed by atoms with E-state index in [1.54, 1.807) is 0 Å². The zero-order chi connectivity index (χ0) is 14.3. The lowest BCUT2D eigenvalue weighted by Crippen LogP contribution is -2.46. The van der Waals surface area contributed by atoms with Gasteiger partial charge in [-0.2, -0.15) is 12.6 Å². The summed E-state index contributed by atoms with van der Waals surface area (Å²) in [7, 11) is 0.